The predicted octanol–water partition coefficient (Wildman–Crippen LogP) is 1.83. The highest BCUT2D eigenvalue weighted by molar-refractivity contribution is 5.78. The Bertz CT molecular complexity index is 575. The lowest BCUT2D eigenvalue weighted by molar-refractivity contribution is 0.112. The highest BCUT2D eigenvalue weighted by Crippen LogP contribution is 2.25. The van der Waals surface area contributed by atoms with Crippen molar-refractivity contribution in [1.82, 2.24) is 9.80 Å². The molecule has 1 N–H and O–H groups in total. The standard InChI is InChI=1S/C14H16N2O3/c1-15-6-7-16(14(15)18)9-11(17)13-8-10-4-2-3-5-12(10)19-13/h2-5,8,11,17H,6-7,9H2,1H3. The van der Waals surface area contributed by atoms with Crippen LogP contribution in [0, 0.1) is 0 Å². The summed E-state index contributed by atoms with van der Waals surface area (Å²) in [5.74, 6) is 0.503. The summed E-state index contributed by atoms with van der Waals surface area (Å²) in [4.78, 5) is 15.0. The fourth-order valence-electron chi connectivity index (χ4n) is 2.34. The van der Waals surface area contributed by atoms with Crippen LogP contribution in [0.4, 0.5) is 4.79 Å². The van der Waals surface area contributed by atoms with Crippen LogP contribution in [0.5, 0.6) is 0 Å². The molecular formula is C14H16N2O3. The van der Waals surface area contributed by atoms with Crippen molar-refractivity contribution < 1.29 is 14.3 Å². The van der Waals surface area contributed by atoms with Gasteiger partial charge in [-0.3, -0.25) is 0 Å². The van der Waals surface area contributed by atoms with E-state index in [-0.39, 0.29) is 12.6 Å². The number of rotatable bonds is 3. The Hall–Kier alpha value is -2.01. The lowest BCUT2D eigenvalue weighted by atomic mass is 10.2. The van der Waals surface area contributed by atoms with Crippen LogP contribution >= 0.6 is 0 Å². The molecule has 19 heavy (non-hydrogen) atoms. The number of urea groups is 1. The number of para-hydroxylation sites is 1. The van der Waals surface area contributed by atoms with Crippen LogP contribution in [-0.4, -0.2) is 47.6 Å². The average Bonchev–Trinajstić information content (AvgIpc) is 2.97. The minimum absolute atomic E-state index is 0.0461. The van der Waals surface area contributed by atoms with Gasteiger partial charge in [-0.15, -0.1) is 0 Å². The number of nitrogens with zero attached hydrogens (tertiary/aromatic N) is 2. The fourth-order valence-corrected chi connectivity index (χ4v) is 2.34. The highest BCUT2D eigenvalue weighted by atomic mass is 16.4. The number of likely N-dealkylation sites (N-methyl/N-ethyl adjacent to an activating group) is 1. The Morgan fingerprint density at radius 2 is 2.16 bits per heavy atom. The van der Waals surface area contributed by atoms with E-state index in [4.69, 9.17) is 4.42 Å². The van der Waals surface area contributed by atoms with Crippen LogP contribution in [0.25, 0.3) is 11.0 Å². The zero-order chi connectivity index (χ0) is 13.4. The minimum Gasteiger partial charge on any atom is -0.458 e. The normalized spacial score (nSPS) is 17.5. The first-order valence-electron chi connectivity index (χ1n) is 6.32. The van der Waals surface area contributed by atoms with E-state index in [1.807, 2.05) is 30.3 Å². The summed E-state index contributed by atoms with van der Waals surface area (Å²) in [6.07, 6.45) is -0.789. The number of fused-ring (bicyclic) bond motifs is 1. The van der Waals surface area contributed by atoms with Crippen molar-refractivity contribution in [3.05, 3.63) is 36.1 Å². The molecule has 5 nitrogen and oxygen atoms in total. The molecule has 0 spiro atoms. The fraction of sp³-hybridized carbons (Fsp3) is 0.357. The van der Waals surface area contributed by atoms with Crippen molar-refractivity contribution in [3.8, 4) is 0 Å². The smallest absolute Gasteiger partial charge is 0.319 e. The number of carbonyl (C=O) groups excluding carboxylic acids is 1. The van der Waals surface area contributed by atoms with Crippen LogP contribution < -0.4 is 0 Å². The number of aliphatic hydroxyl groups excluding tert-OH is 1. The summed E-state index contributed by atoms with van der Waals surface area (Å²) >= 11 is 0. The third kappa shape index (κ3) is 2.17. The van der Waals surface area contributed by atoms with Gasteiger partial charge in [-0.2, -0.15) is 0 Å². The molecule has 2 amide bonds. The van der Waals surface area contributed by atoms with Crippen molar-refractivity contribution in [1.29, 1.82) is 0 Å². The first-order valence-corrected chi connectivity index (χ1v) is 6.32. The molecule has 0 aliphatic carbocycles. The quantitative estimate of drug-likeness (QED) is 0.916. The molecule has 0 bridgehead atoms. The number of furan rings is 1. The van der Waals surface area contributed by atoms with Gasteiger partial charge in [0.25, 0.3) is 0 Å². The van der Waals surface area contributed by atoms with Crippen LogP contribution in [-0.2, 0) is 0 Å². The van der Waals surface area contributed by atoms with Gasteiger partial charge in [-0.1, -0.05) is 18.2 Å². The minimum atomic E-state index is -0.789. The van der Waals surface area contributed by atoms with Gasteiger partial charge >= 0.3 is 6.03 Å². The van der Waals surface area contributed by atoms with E-state index < -0.39 is 6.10 Å². The Morgan fingerprint density at radius 3 is 2.84 bits per heavy atom. The monoisotopic (exact) mass is 260 g/mol. The van der Waals surface area contributed by atoms with E-state index in [1.54, 1.807) is 16.8 Å². The van der Waals surface area contributed by atoms with Crippen molar-refractivity contribution in [2.24, 2.45) is 0 Å². The van der Waals surface area contributed by atoms with Crippen LogP contribution in [0.15, 0.2) is 34.7 Å². The SMILES string of the molecule is CN1CCN(CC(O)c2cc3ccccc3o2)C1=O. The molecule has 1 unspecified atom stereocenters. The molecule has 5 heteroatoms. The number of carbonyl (C=O) groups is 1. The molecule has 1 atom stereocenters. The maximum Gasteiger partial charge on any atom is 0.319 e. The van der Waals surface area contributed by atoms with Gasteiger partial charge in [0.1, 0.15) is 17.4 Å². The Balaban J connectivity index is 1.76. The maximum atomic E-state index is 11.8. The molecule has 3 rings (SSSR count). The van der Waals surface area contributed by atoms with Crippen molar-refractivity contribution in [2.45, 2.75) is 6.10 Å². The molecule has 1 aliphatic rings. The molecule has 1 aromatic heterocycles. The van der Waals surface area contributed by atoms with Gasteiger partial charge in [0.05, 0.1) is 6.54 Å². The average molecular weight is 260 g/mol. The topological polar surface area (TPSA) is 56.9 Å². The van der Waals surface area contributed by atoms with Crippen LogP contribution in [0.1, 0.15) is 11.9 Å². The third-order valence-corrected chi connectivity index (χ3v) is 3.47. The number of hydrogen-bond acceptors (Lipinski definition) is 3. The van der Waals surface area contributed by atoms with E-state index in [0.29, 0.717) is 18.8 Å². The summed E-state index contributed by atoms with van der Waals surface area (Å²) in [6, 6.07) is 9.39. The van der Waals surface area contributed by atoms with Gasteiger partial charge in [0.2, 0.25) is 0 Å². The summed E-state index contributed by atoms with van der Waals surface area (Å²) in [5.41, 5.74) is 0.751. The predicted molar refractivity (Wildman–Crippen MR) is 70.8 cm³/mol. The first kappa shape index (κ1) is 12.0. The molecule has 1 saturated heterocycles. The van der Waals surface area contributed by atoms with Crippen molar-refractivity contribution in [3.63, 3.8) is 0 Å². The second-order valence-corrected chi connectivity index (χ2v) is 4.85. The largest absolute Gasteiger partial charge is 0.458 e. The van der Waals surface area contributed by atoms with Gasteiger partial charge in [-0.25, -0.2) is 4.79 Å². The van der Waals surface area contributed by atoms with E-state index in [0.717, 1.165) is 11.0 Å². The number of benzene rings is 1. The van der Waals surface area contributed by atoms with E-state index in [1.165, 1.54) is 0 Å². The van der Waals surface area contributed by atoms with Gasteiger partial charge in [0, 0.05) is 25.5 Å². The number of amides is 2. The van der Waals surface area contributed by atoms with E-state index in [2.05, 4.69) is 0 Å². The lowest BCUT2D eigenvalue weighted by Crippen LogP contribution is -2.32. The number of β-amino-alcohol motifs (C(OH)–C–C–N with tert-alkyl or cyclic N) is 1. The zero-order valence-electron chi connectivity index (χ0n) is 10.7. The molecule has 100 valence electrons. The van der Waals surface area contributed by atoms with Crippen LogP contribution in [0.3, 0.4) is 0 Å². The molecule has 2 heterocycles. The Labute approximate surface area is 111 Å². The molecule has 2 aromatic rings. The first-order chi connectivity index (χ1) is 9.15. The summed E-state index contributed by atoms with van der Waals surface area (Å²) in [6.45, 7) is 1.61. The second kappa shape index (κ2) is 4.59. The third-order valence-electron chi connectivity index (χ3n) is 3.47. The Kier molecular flexibility index (Phi) is 2.91. The van der Waals surface area contributed by atoms with Gasteiger partial charge in [0.15, 0.2) is 0 Å². The second-order valence-electron chi connectivity index (χ2n) is 4.85. The highest BCUT2D eigenvalue weighted by Gasteiger charge is 2.28. The maximum absolute atomic E-state index is 11.8. The number of aliphatic hydroxyl groups is 1. The van der Waals surface area contributed by atoms with Crippen molar-refractivity contribution in [2.75, 3.05) is 26.7 Å². The lowest BCUT2D eigenvalue weighted by Gasteiger charge is -2.18. The molecule has 0 radical (unpaired) electrons. The van der Waals surface area contributed by atoms with Gasteiger partial charge < -0.3 is 19.3 Å². The van der Waals surface area contributed by atoms with Gasteiger partial charge in [-0.05, 0) is 12.1 Å². The Morgan fingerprint density at radius 1 is 1.37 bits per heavy atom. The van der Waals surface area contributed by atoms with Crippen LogP contribution in [0.2, 0.25) is 0 Å². The van der Waals surface area contributed by atoms with E-state index in [9.17, 15) is 9.90 Å². The zero-order valence-corrected chi connectivity index (χ0v) is 10.7. The molecule has 0 saturated carbocycles. The molecule has 1 fully saturated rings. The van der Waals surface area contributed by atoms with E-state index >= 15 is 0 Å². The van der Waals surface area contributed by atoms with Crippen molar-refractivity contribution >= 4 is 17.0 Å². The molecular weight excluding hydrogens is 244 g/mol. The number of hydrogen-bond donors (Lipinski definition) is 1. The molecule has 1 aromatic carbocycles. The summed E-state index contributed by atoms with van der Waals surface area (Å²) in [7, 11) is 1.76. The summed E-state index contributed by atoms with van der Waals surface area (Å²) in [5, 5.41) is 11.1. The summed E-state index contributed by atoms with van der Waals surface area (Å²) < 4.78 is 5.60. The molecule has 1 aliphatic heterocycles.